The molecule has 0 bridgehead atoms. The number of amides is 1. The van der Waals surface area contributed by atoms with Crippen molar-refractivity contribution < 1.29 is 14.7 Å². The highest BCUT2D eigenvalue weighted by Crippen LogP contribution is 2.14. The topological polar surface area (TPSA) is 66.4 Å². The molecule has 4 nitrogen and oxygen atoms in total. The summed E-state index contributed by atoms with van der Waals surface area (Å²) in [6, 6.07) is 7.26. The lowest BCUT2D eigenvalue weighted by Gasteiger charge is -2.12. The number of carbonyl (C=O) groups is 2. The predicted molar refractivity (Wildman–Crippen MR) is 72.6 cm³/mol. The SMILES string of the molecule is CC(=O)N[C@@H](CSCc1cccc(C)c1)C(=O)O. The van der Waals surface area contributed by atoms with Gasteiger partial charge in [0.25, 0.3) is 0 Å². The molecule has 18 heavy (non-hydrogen) atoms. The molecule has 98 valence electrons. The number of hydrogen-bond donors (Lipinski definition) is 2. The van der Waals surface area contributed by atoms with Crippen LogP contribution in [0.1, 0.15) is 18.1 Å². The second-order valence-corrected chi connectivity index (χ2v) is 5.13. The first kappa shape index (κ1) is 14.6. The quantitative estimate of drug-likeness (QED) is 0.825. The van der Waals surface area contributed by atoms with Gasteiger partial charge in [-0.25, -0.2) is 4.79 Å². The lowest BCUT2D eigenvalue weighted by molar-refractivity contribution is -0.140. The maximum atomic E-state index is 10.9. The summed E-state index contributed by atoms with van der Waals surface area (Å²) < 4.78 is 0. The van der Waals surface area contributed by atoms with Crippen LogP contribution in [0.2, 0.25) is 0 Å². The summed E-state index contributed by atoms with van der Waals surface area (Å²) in [7, 11) is 0. The van der Waals surface area contributed by atoms with E-state index >= 15 is 0 Å². The largest absolute Gasteiger partial charge is 0.480 e. The van der Waals surface area contributed by atoms with Gasteiger partial charge in [0.05, 0.1) is 0 Å². The Kier molecular flexibility index (Phi) is 5.71. The van der Waals surface area contributed by atoms with Gasteiger partial charge in [-0.1, -0.05) is 29.8 Å². The Hall–Kier alpha value is -1.49. The van der Waals surface area contributed by atoms with Crippen LogP contribution in [0.15, 0.2) is 24.3 Å². The van der Waals surface area contributed by atoms with Gasteiger partial charge in [-0.05, 0) is 12.5 Å². The Labute approximate surface area is 111 Å². The molecule has 0 aliphatic heterocycles. The molecule has 0 spiro atoms. The lowest BCUT2D eigenvalue weighted by Crippen LogP contribution is -2.41. The third kappa shape index (κ3) is 5.23. The third-order valence-electron chi connectivity index (χ3n) is 2.31. The standard InChI is InChI=1S/C13H17NO3S/c1-9-4-3-5-11(6-9)7-18-8-12(13(16)17)14-10(2)15/h3-6,12H,7-8H2,1-2H3,(H,14,15)(H,16,17)/t12-/m0/s1. The maximum absolute atomic E-state index is 10.9. The van der Waals surface area contributed by atoms with Crippen LogP contribution in [-0.4, -0.2) is 28.8 Å². The summed E-state index contributed by atoms with van der Waals surface area (Å²) >= 11 is 1.50. The zero-order valence-electron chi connectivity index (χ0n) is 10.5. The molecule has 0 saturated carbocycles. The van der Waals surface area contributed by atoms with Gasteiger partial charge >= 0.3 is 5.97 Å². The molecule has 0 unspecified atom stereocenters. The monoisotopic (exact) mass is 267 g/mol. The van der Waals surface area contributed by atoms with E-state index in [2.05, 4.69) is 11.4 Å². The van der Waals surface area contributed by atoms with E-state index in [1.807, 2.05) is 25.1 Å². The van der Waals surface area contributed by atoms with Gasteiger partial charge in [0.1, 0.15) is 6.04 Å². The molecule has 0 aliphatic carbocycles. The van der Waals surface area contributed by atoms with E-state index in [0.717, 1.165) is 11.3 Å². The number of carboxylic acids is 1. The van der Waals surface area contributed by atoms with Gasteiger partial charge in [0, 0.05) is 18.4 Å². The van der Waals surface area contributed by atoms with Crippen LogP contribution in [0.5, 0.6) is 0 Å². The molecule has 0 fully saturated rings. The Bertz CT molecular complexity index is 434. The Morgan fingerprint density at radius 1 is 1.44 bits per heavy atom. The lowest BCUT2D eigenvalue weighted by atomic mass is 10.2. The van der Waals surface area contributed by atoms with Crippen LogP contribution in [0.3, 0.4) is 0 Å². The highest BCUT2D eigenvalue weighted by Gasteiger charge is 2.17. The number of carboxylic acid groups (broad SMARTS) is 1. The summed E-state index contributed by atoms with van der Waals surface area (Å²) in [5.41, 5.74) is 2.34. The van der Waals surface area contributed by atoms with Crippen LogP contribution in [-0.2, 0) is 15.3 Å². The number of hydrogen-bond acceptors (Lipinski definition) is 3. The van der Waals surface area contributed by atoms with Gasteiger partial charge in [-0.15, -0.1) is 0 Å². The molecule has 0 aliphatic rings. The van der Waals surface area contributed by atoms with E-state index in [1.54, 1.807) is 0 Å². The van der Waals surface area contributed by atoms with Gasteiger partial charge in [0.15, 0.2) is 0 Å². The number of benzene rings is 1. The van der Waals surface area contributed by atoms with Crippen LogP contribution in [0, 0.1) is 6.92 Å². The van der Waals surface area contributed by atoms with Crippen molar-refractivity contribution in [2.24, 2.45) is 0 Å². The number of aliphatic carboxylic acids is 1. The number of nitrogens with one attached hydrogen (secondary N) is 1. The van der Waals surface area contributed by atoms with Crippen molar-refractivity contribution in [3.63, 3.8) is 0 Å². The van der Waals surface area contributed by atoms with Crippen molar-refractivity contribution in [2.45, 2.75) is 25.6 Å². The second kappa shape index (κ2) is 7.06. The molecule has 2 N–H and O–H groups in total. The van der Waals surface area contributed by atoms with Gasteiger partial charge in [-0.3, -0.25) is 4.79 Å². The number of carbonyl (C=O) groups excluding carboxylic acids is 1. The summed E-state index contributed by atoms with van der Waals surface area (Å²) in [6.45, 7) is 3.34. The first-order valence-electron chi connectivity index (χ1n) is 5.62. The van der Waals surface area contributed by atoms with E-state index in [1.165, 1.54) is 24.2 Å². The highest BCUT2D eigenvalue weighted by molar-refractivity contribution is 7.98. The van der Waals surface area contributed by atoms with Crippen molar-refractivity contribution in [1.82, 2.24) is 5.32 Å². The first-order chi connectivity index (χ1) is 8.49. The van der Waals surface area contributed by atoms with Crippen molar-refractivity contribution >= 4 is 23.6 Å². The maximum Gasteiger partial charge on any atom is 0.327 e. The fraction of sp³-hybridized carbons (Fsp3) is 0.385. The van der Waals surface area contributed by atoms with E-state index < -0.39 is 12.0 Å². The minimum Gasteiger partial charge on any atom is -0.480 e. The molecule has 1 amide bonds. The van der Waals surface area contributed by atoms with Gasteiger partial charge in [0.2, 0.25) is 5.91 Å². The molecule has 5 heteroatoms. The number of rotatable bonds is 6. The predicted octanol–water partition coefficient (Wildman–Crippen LogP) is 1.82. The van der Waals surface area contributed by atoms with E-state index in [4.69, 9.17) is 5.11 Å². The second-order valence-electron chi connectivity index (χ2n) is 4.10. The fourth-order valence-corrected chi connectivity index (χ4v) is 2.51. The molecule has 1 atom stereocenters. The average molecular weight is 267 g/mol. The number of thioether (sulfide) groups is 1. The minimum absolute atomic E-state index is 0.321. The molecule has 1 aromatic carbocycles. The third-order valence-corrected chi connectivity index (χ3v) is 3.42. The van der Waals surface area contributed by atoms with Crippen molar-refractivity contribution in [3.05, 3.63) is 35.4 Å². The first-order valence-corrected chi connectivity index (χ1v) is 6.77. The van der Waals surface area contributed by atoms with E-state index in [0.29, 0.717) is 5.75 Å². The van der Waals surface area contributed by atoms with Crippen molar-refractivity contribution in [1.29, 1.82) is 0 Å². The molecule has 1 aromatic rings. The molecule has 0 radical (unpaired) electrons. The zero-order valence-corrected chi connectivity index (χ0v) is 11.3. The molecular weight excluding hydrogens is 250 g/mol. The van der Waals surface area contributed by atoms with Crippen LogP contribution in [0.4, 0.5) is 0 Å². The van der Waals surface area contributed by atoms with Crippen LogP contribution < -0.4 is 5.32 Å². The highest BCUT2D eigenvalue weighted by atomic mass is 32.2. The smallest absolute Gasteiger partial charge is 0.327 e. The van der Waals surface area contributed by atoms with Gasteiger partial charge < -0.3 is 10.4 Å². The normalized spacial score (nSPS) is 11.9. The summed E-state index contributed by atoms with van der Waals surface area (Å²) in [5.74, 6) is -0.214. The van der Waals surface area contributed by atoms with E-state index in [9.17, 15) is 9.59 Å². The van der Waals surface area contributed by atoms with Crippen molar-refractivity contribution in [3.8, 4) is 0 Å². The van der Waals surface area contributed by atoms with Crippen LogP contribution in [0.25, 0.3) is 0 Å². The molecule has 0 heterocycles. The Morgan fingerprint density at radius 3 is 2.72 bits per heavy atom. The molecule has 0 saturated heterocycles. The molecule has 1 rings (SSSR count). The molecular formula is C13H17NO3S. The zero-order chi connectivity index (χ0) is 13.5. The summed E-state index contributed by atoms with van der Waals surface area (Å²) in [5, 5.41) is 11.4. The summed E-state index contributed by atoms with van der Waals surface area (Å²) in [6.07, 6.45) is 0. The Balaban J connectivity index is 2.43. The average Bonchev–Trinajstić information content (AvgIpc) is 2.27. The molecule has 0 aromatic heterocycles. The fourth-order valence-electron chi connectivity index (χ4n) is 1.52. The van der Waals surface area contributed by atoms with Crippen LogP contribution >= 0.6 is 11.8 Å². The number of aryl methyl sites for hydroxylation is 1. The Morgan fingerprint density at radius 2 is 2.17 bits per heavy atom. The van der Waals surface area contributed by atoms with Gasteiger partial charge in [-0.2, -0.15) is 11.8 Å². The van der Waals surface area contributed by atoms with Crippen molar-refractivity contribution in [2.75, 3.05) is 5.75 Å². The summed E-state index contributed by atoms with van der Waals surface area (Å²) in [4.78, 5) is 21.8. The minimum atomic E-state index is -0.998. The van der Waals surface area contributed by atoms with E-state index in [-0.39, 0.29) is 5.91 Å².